The van der Waals surface area contributed by atoms with Crippen LogP contribution in [0, 0.1) is 0 Å². The third kappa shape index (κ3) is 4.23. The molecular formula is C20H20Cl2N2O4S2. The summed E-state index contributed by atoms with van der Waals surface area (Å²) in [6.07, 6.45) is 0. The molecule has 160 valence electrons. The molecule has 6 nitrogen and oxygen atoms in total. The van der Waals surface area contributed by atoms with Gasteiger partial charge in [0.25, 0.3) is 0 Å². The van der Waals surface area contributed by atoms with E-state index in [0.29, 0.717) is 27.3 Å². The summed E-state index contributed by atoms with van der Waals surface area (Å²) in [5.41, 5.74) is 1.66. The van der Waals surface area contributed by atoms with Crippen LogP contribution in [0.15, 0.2) is 41.4 Å². The van der Waals surface area contributed by atoms with Crippen molar-refractivity contribution >= 4 is 55.7 Å². The molecule has 30 heavy (non-hydrogen) atoms. The highest BCUT2D eigenvalue weighted by Gasteiger charge is 2.47. The number of nitrogens with zero attached hydrogens (tertiary/aromatic N) is 2. The van der Waals surface area contributed by atoms with Gasteiger partial charge in [-0.15, -0.1) is 0 Å². The Balaban J connectivity index is 1.69. The molecule has 1 saturated heterocycles. The van der Waals surface area contributed by atoms with E-state index in [9.17, 15) is 8.42 Å². The van der Waals surface area contributed by atoms with Crippen molar-refractivity contribution < 1.29 is 17.9 Å². The van der Waals surface area contributed by atoms with Crippen LogP contribution < -0.4 is 14.4 Å². The lowest BCUT2D eigenvalue weighted by Gasteiger charge is -2.28. The molecule has 0 unspecified atom stereocenters. The van der Waals surface area contributed by atoms with E-state index in [1.54, 1.807) is 32.4 Å². The van der Waals surface area contributed by atoms with Gasteiger partial charge in [-0.1, -0.05) is 41.0 Å². The standard InChI is InChI=1S/C20H20Cl2N2O4S2/c1-27-14-5-6-19(28-2)17(8-14)24-18-11-30(25,26)10-16(18)23-20(24)29-9-12-3-4-13(21)7-15(12)22/h3-8,16,18H,9-11H2,1-2H3/t16-,18+/m1/s1. The molecule has 0 saturated carbocycles. The van der Waals surface area contributed by atoms with Crippen molar-refractivity contribution in [1.29, 1.82) is 0 Å². The molecule has 2 aliphatic rings. The number of sulfone groups is 1. The monoisotopic (exact) mass is 486 g/mol. The minimum absolute atomic E-state index is 0.0478. The normalized spacial score (nSPS) is 22.0. The predicted molar refractivity (Wildman–Crippen MR) is 123 cm³/mol. The molecule has 0 N–H and O–H groups in total. The minimum Gasteiger partial charge on any atom is -0.497 e. The molecule has 2 aromatic rings. The van der Waals surface area contributed by atoms with Crippen LogP contribution in [-0.4, -0.2) is 51.4 Å². The molecule has 0 spiro atoms. The number of aliphatic imine (C=N–C) groups is 1. The largest absolute Gasteiger partial charge is 0.497 e. The molecule has 0 aromatic heterocycles. The Hall–Kier alpha value is -1.61. The number of ether oxygens (including phenoxy) is 2. The van der Waals surface area contributed by atoms with E-state index in [1.807, 2.05) is 23.1 Å². The van der Waals surface area contributed by atoms with Gasteiger partial charge in [0.1, 0.15) is 11.5 Å². The fraction of sp³-hybridized carbons (Fsp3) is 0.350. The van der Waals surface area contributed by atoms with Gasteiger partial charge in [-0.05, 0) is 29.8 Å². The van der Waals surface area contributed by atoms with Gasteiger partial charge in [0, 0.05) is 21.9 Å². The predicted octanol–water partition coefficient (Wildman–Crippen LogP) is 4.29. The number of hydrogen-bond acceptors (Lipinski definition) is 7. The average Bonchev–Trinajstić information content (AvgIpc) is 3.17. The highest BCUT2D eigenvalue weighted by Crippen LogP contribution is 2.42. The summed E-state index contributed by atoms with van der Waals surface area (Å²) in [6, 6.07) is 10.3. The Morgan fingerprint density at radius 2 is 1.93 bits per heavy atom. The van der Waals surface area contributed by atoms with Gasteiger partial charge in [-0.25, -0.2) is 8.42 Å². The van der Waals surface area contributed by atoms with E-state index in [1.165, 1.54) is 11.8 Å². The molecule has 4 rings (SSSR count). The molecule has 0 amide bonds. The summed E-state index contributed by atoms with van der Waals surface area (Å²) in [5.74, 6) is 1.95. The lowest BCUT2D eigenvalue weighted by atomic mass is 10.1. The molecule has 1 fully saturated rings. The second-order valence-electron chi connectivity index (χ2n) is 7.06. The first-order valence-electron chi connectivity index (χ1n) is 9.17. The Labute approximate surface area is 190 Å². The van der Waals surface area contributed by atoms with Crippen LogP contribution in [0.1, 0.15) is 5.56 Å². The zero-order valence-corrected chi connectivity index (χ0v) is 19.5. The van der Waals surface area contributed by atoms with Gasteiger partial charge in [-0.2, -0.15) is 0 Å². The van der Waals surface area contributed by atoms with Crippen molar-refractivity contribution in [3.63, 3.8) is 0 Å². The fourth-order valence-corrected chi connectivity index (χ4v) is 7.20. The lowest BCUT2D eigenvalue weighted by molar-refractivity contribution is 0.403. The number of halogens is 2. The molecule has 2 aliphatic heterocycles. The van der Waals surface area contributed by atoms with E-state index in [2.05, 4.69) is 0 Å². The maximum atomic E-state index is 12.3. The number of fused-ring (bicyclic) bond motifs is 1. The molecule has 10 heteroatoms. The summed E-state index contributed by atoms with van der Waals surface area (Å²) in [4.78, 5) is 6.72. The van der Waals surface area contributed by atoms with Crippen molar-refractivity contribution in [2.45, 2.75) is 17.8 Å². The number of amidine groups is 1. The smallest absolute Gasteiger partial charge is 0.164 e. The maximum absolute atomic E-state index is 12.3. The SMILES string of the molecule is COc1ccc(OC)c(N2C(SCc3ccc(Cl)cc3Cl)=N[C@@H]3CS(=O)(=O)C[C@@H]32)c1. The van der Waals surface area contributed by atoms with Crippen LogP contribution in [0.5, 0.6) is 11.5 Å². The van der Waals surface area contributed by atoms with Crippen LogP contribution in [0.4, 0.5) is 5.69 Å². The van der Waals surface area contributed by atoms with E-state index in [4.69, 9.17) is 37.7 Å². The summed E-state index contributed by atoms with van der Waals surface area (Å²) >= 11 is 13.8. The van der Waals surface area contributed by atoms with Gasteiger partial charge in [0.2, 0.25) is 0 Å². The molecule has 2 aromatic carbocycles. The number of hydrogen-bond donors (Lipinski definition) is 0. The van der Waals surface area contributed by atoms with Crippen LogP contribution >= 0.6 is 35.0 Å². The molecule has 0 bridgehead atoms. The van der Waals surface area contributed by atoms with Crippen LogP contribution in [0.3, 0.4) is 0 Å². The summed E-state index contributed by atoms with van der Waals surface area (Å²) < 4.78 is 35.5. The first kappa shape index (κ1) is 21.6. The minimum atomic E-state index is -3.15. The third-order valence-electron chi connectivity index (χ3n) is 5.12. The van der Waals surface area contributed by atoms with Crippen molar-refractivity contribution in [2.75, 3.05) is 30.6 Å². The number of anilines is 1. The van der Waals surface area contributed by atoms with Gasteiger partial charge >= 0.3 is 0 Å². The van der Waals surface area contributed by atoms with Crippen molar-refractivity contribution in [1.82, 2.24) is 0 Å². The topological polar surface area (TPSA) is 68.2 Å². The van der Waals surface area contributed by atoms with Crippen molar-refractivity contribution in [3.05, 3.63) is 52.0 Å². The van der Waals surface area contributed by atoms with Gasteiger partial charge in [0.05, 0.1) is 43.5 Å². The Morgan fingerprint density at radius 1 is 1.13 bits per heavy atom. The van der Waals surface area contributed by atoms with Crippen molar-refractivity contribution in [2.24, 2.45) is 4.99 Å². The van der Waals surface area contributed by atoms with E-state index < -0.39 is 9.84 Å². The Morgan fingerprint density at radius 3 is 2.63 bits per heavy atom. The second-order valence-corrected chi connectivity index (χ2v) is 11.0. The maximum Gasteiger partial charge on any atom is 0.164 e. The number of methoxy groups -OCH3 is 2. The highest BCUT2D eigenvalue weighted by atomic mass is 35.5. The molecule has 0 radical (unpaired) electrons. The number of rotatable bonds is 5. The lowest BCUT2D eigenvalue weighted by Crippen LogP contribution is -2.39. The molecule has 0 aliphatic carbocycles. The molecular weight excluding hydrogens is 467 g/mol. The summed E-state index contributed by atoms with van der Waals surface area (Å²) in [6.45, 7) is 0. The fourth-order valence-electron chi connectivity index (χ4n) is 3.68. The van der Waals surface area contributed by atoms with E-state index >= 15 is 0 Å². The van der Waals surface area contributed by atoms with Gasteiger partial charge in [0.15, 0.2) is 15.0 Å². The third-order valence-corrected chi connectivity index (χ3v) is 8.43. The van der Waals surface area contributed by atoms with Crippen LogP contribution in [0.2, 0.25) is 10.0 Å². The first-order valence-corrected chi connectivity index (χ1v) is 12.7. The van der Waals surface area contributed by atoms with E-state index in [0.717, 1.165) is 16.4 Å². The van der Waals surface area contributed by atoms with Crippen LogP contribution in [-0.2, 0) is 15.6 Å². The second kappa shape index (κ2) is 8.49. The zero-order chi connectivity index (χ0) is 21.5. The van der Waals surface area contributed by atoms with E-state index in [-0.39, 0.29) is 23.6 Å². The Kier molecular flexibility index (Phi) is 6.12. The van der Waals surface area contributed by atoms with Gasteiger partial charge in [-0.3, -0.25) is 4.99 Å². The van der Waals surface area contributed by atoms with Crippen LogP contribution in [0.25, 0.3) is 0 Å². The average molecular weight is 487 g/mol. The highest BCUT2D eigenvalue weighted by molar-refractivity contribution is 8.13. The van der Waals surface area contributed by atoms with Gasteiger partial charge < -0.3 is 14.4 Å². The number of benzene rings is 2. The quantitative estimate of drug-likeness (QED) is 0.627. The first-order chi connectivity index (χ1) is 14.3. The Bertz CT molecular complexity index is 1110. The zero-order valence-electron chi connectivity index (χ0n) is 16.3. The van der Waals surface area contributed by atoms with Crippen molar-refractivity contribution in [3.8, 4) is 11.5 Å². The summed E-state index contributed by atoms with van der Waals surface area (Å²) in [7, 11) is 0.0235. The molecule has 2 atom stereocenters. The summed E-state index contributed by atoms with van der Waals surface area (Å²) in [5, 5.41) is 1.90. The molecule has 2 heterocycles. The number of thioether (sulfide) groups is 1.